The standard InChI is InChI=1S/C9H13BrO/c1-8-4-2-3-5-9(8,11)6-7-10/h8,11H,2-5H2,1H3/t8-,9-/m0/s1. The van der Waals surface area contributed by atoms with Crippen LogP contribution in [0.3, 0.4) is 0 Å². The van der Waals surface area contributed by atoms with E-state index in [2.05, 4.69) is 33.6 Å². The van der Waals surface area contributed by atoms with E-state index >= 15 is 0 Å². The zero-order valence-corrected chi connectivity index (χ0v) is 8.32. The van der Waals surface area contributed by atoms with Crippen molar-refractivity contribution < 1.29 is 5.11 Å². The van der Waals surface area contributed by atoms with Gasteiger partial charge in [-0.1, -0.05) is 19.3 Å². The van der Waals surface area contributed by atoms with Gasteiger partial charge in [-0.25, -0.2) is 0 Å². The molecule has 1 aliphatic carbocycles. The molecule has 1 N–H and O–H groups in total. The first kappa shape index (κ1) is 9.09. The summed E-state index contributed by atoms with van der Waals surface area (Å²) >= 11 is 3.03. The first-order valence-corrected chi connectivity index (χ1v) is 4.83. The van der Waals surface area contributed by atoms with Crippen LogP contribution in [0.2, 0.25) is 0 Å². The van der Waals surface area contributed by atoms with Crippen LogP contribution in [0.5, 0.6) is 0 Å². The quantitative estimate of drug-likeness (QED) is 0.617. The molecule has 0 aromatic rings. The lowest BCUT2D eigenvalue weighted by Gasteiger charge is -2.33. The molecule has 1 saturated carbocycles. The second-order valence-corrected chi connectivity index (χ2v) is 3.69. The molecule has 1 fully saturated rings. The minimum atomic E-state index is -0.720. The molecule has 2 heteroatoms. The minimum absolute atomic E-state index is 0.321. The predicted octanol–water partition coefficient (Wildman–Crippen LogP) is 2.28. The van der Waals surface area contributed by atoms with Crippen molar-refractivity contribution in [2.24, 2.45) is 5.92 Å². The van der Waals surface area contributed by atoms with Crippen LogP contribution >= 0.6 is 15.9 Å². The lowest BCUT2D eigenvalue weighted by atomic mass is 9.77. The maximum absolute atomic E-state index is 9.94. The van der Waals surface area contributed by atoms with Gasteiger partial charge in [-0.3, -0.25) is 0 Å². The third kappa shape index (κ3) is 1.98. The van der Waals surface area contributed by atoms with E-state index in [1.54, 1.807) is 0 Å². The van der Waals surface area contributed by atoms with Crippen LogP contribution in [0.25, 0.3) is 0 Å². The van der Waals surface area contributed by atoms with Crippen LogP contribution < -0.4 is 0 Å². The third-order valence-electron chi connectivity index (χ3n) is 2.52. The Morgan fingerprint density at radius 2 is 2.27 bits per heavy atom. The number of aliphatic hydroxyl groups is 1. The Bertz CT molecular complexity index is 191. The molecule has 1 nitrogen and oxygen atoms in total. The average molecular weight is 217 g/mol. The van der Waals surface area contributed by atoms with Gasteiger partial charge in [-0.2, -0.15) is 0 Å². The lowest BCUT2D eigenvalue weighted by Crippen LogP contribution is -2.37. The average Bonchev–Trinajstić information content (AvgIpc) is 1.96. The Morgan fingerprint density at radius 3 is 2.82 bits per heavy atom. The van der Waals surface area contributed by atoms with Gasteiger partial charge >= 0.3 is 0 Å². The van der Waals surface area contributed by atoms with Gasteiger partial charge in [0.1, 0.15) is 5.60 Å². The van der Waals surface area contributed by atoms with E-state index in [9.17, 15) is 5.11 Å². The van der Waals surface area contributed by atoms with E-state index in [1.807, 2.05) is 0 Å². The number of hydrogen-bond donors (Lipinski definition) is 1. The largest absolute Gasteiger partial charge is 0.377 e. The molecule has 0 heterocycles. The maximum atomic E-state index is 9.94. The van der Waals surface area contributed by atoms with Crippen molar-refractivity contribution in [2.45, 2.75) is 38.2 Å². The molecule has 2 atom stereocenters. The molecule has 1 rings (SSSR count). The smallest absolute Gasteiger partial charge is 0.128 e. The molecular formula is C9H13BrO. The number of halogens is 1. The summed E-state index contributed by atoms with van der Waals surface area (Å²) in [5.41, 5.74) is -0.720. The molecular weight excluding hydrogens is 204 g/mol. The summed E-state index contributed by atoms with van der Waals surface area (Å²) in [7, 11) is 0. The van der Waals surface area contributed by atoms with Gasteiger partial charge in [-0.15, -0.1) is 0 Å². The molecule has 0 aliphatic heterocycles. The SMILES string of the molecule is C[C@H]1CCCC[C@]1(O)C#CBr. The van der Waals surface area contributed by atoms with Crippen LogP contribution in [-0.4, -0.2) is 10.7 Å². The summed E-state index contributed by atoms with van der Waals surface area (Å²) in [6, 6.07) is 0. The first-order valence-electron chi connectivity index (χ1n) is 4.04. The fourth-order valence-electron chi connectivity index (χ4n) is 1.60. The highest BCUT2D eigenvalue weighted by Crippen LogP contribution is 2.32. The normalized spacial score (nSPS) is 37.5. The monoisotopic (exact) mass is 216 g/mol. The van der Waals surface area contributed by atoms with E-state index in [-0.39, 0.29) is 0 Å². The summed E-state index contributed by atoms with van der Waals surface area (Å²) in [4.78, 5) is 2.62. The Kier molecular flexibility index (Phi) is 2.98. The van der Waals surface area contributed by atoms with Crippen LogP contribution in [0.4, 0.5) is 0 Å². The highest BCUT2D eigenvalue weighted by atomic mass is 79.9. The highest BCUT2D eigenvalue weighted by Gasteiger charge is 2.33. The molecule has 0 spiro atoms. The maximum Gasteiger partial charge on any atom is 0.128 e. The topological polar surface area (TPSA) is 20.2 Å². The zero-order valence-electron chi connectivity index (χ0n) is 6.73. The van der Waals surface area contributed by atoms with Gasteiger partial charge in [0, 0.05) is 15.9 Å². The van der Waals surface area contributed by atoms with E-state index in [1.165, 1.54) is 6.42 Å². The van der Waals surface area contributed by atoms with E-state index in [4.69, 9.17) is 0 Å². The van der Waals surface area contributed by atoms with Crippen LogP contribution in [0.15, 0.2) is 0 Å². The van der Waals surface area contributed by atoms with Crippen LogP contribution in [-0.2, 0) is 0 Å². The van der Waals surface area contributed by atoms with Gasteiger partial charge in [-0.05, 0) is 30.0 Å². The Balaban J connectivity index is 2.69. The van der Waals surface area contributed by atoms with Crippen LogP contribution in [0, 0.1) is 16.7 Å². The summed E-state index contributed by atoms with van der Waals surface area (Å²) in [5.74, 6) is 3.15. The third-order valence-corrected chi connectivity index (χ3v) is 2.72. The summed E-state index contributed by atoms with van der Waals surface area (Å²) in [6.07, 6.45) is 4.25. The van der Waals surface area contributed by atoms with Crippen molar-refractivity contribution in [3.63, 3.8) is 0 Å². The molecule has 0 amide bonds. The van der Waals surface area contributed by atoms with E-state index < -0.39 is 5.60 Å². The lowest BCUT2D eigenvalue weighted by molar-refractivity contribution is 0.0127. The summed E-state index contributed by atoms with van der Waals surface area (Å²) in [6.45, 7) is 2.07. The fraction of sp³-hybridized carbons (Fsp3) is 0.778. The van der Waals surface area contributed by atoms with Gasteiger partial charge in [0.15, 0.2) is 0 Å². The molecule has 1 aliphatic rings. The van der Waals surface area contributed by atoms with Crippen molar-refractivity contribution in [1.29, 1.82) is 0 Å². The van der Waals surface area contributed by atoms with E-state index in [0.717, 1.165) is 19.3 Å². The van der Waals surface area contributed by atoms with Crippen molar-refractivity contribution in [3.8, 4) is 10.8 Å². The predicted molar refractivity (Wildman–Crippen MR) is 49.3 cm³/mol. The Morgan fingerprint density at radius 1 is 1.55 bits per heavy atom. The van der Waals surface area contributed by atoms with Gasteiger partial charge in [0.2, 0.25) is 0 Å². The first-order chi connectivity index (χ1) is 5.19. The highest BCUT2D eigenvalue weighted by molar-refractivity contribution is 9.12. The van der Waals surface area contributed by atoms with Gasteiger partial charge in [0.05, 0.1) is 0 Å². The zero-order chi connectivity index (χ0) is 8.32. The molecule has 0 bridgehead atoms. The molecule has 62 valence electrons. The number of hydrogen-bond acceptors (Lipinski definition) is 1. The second-order valence-electron chi connectivity index (χ2n) is 3.29. The molecule has 0 aromatic carbocycles. The van der Waals surface area contributed by atoms with Crippen molar-refractivity contribution in [3.05, 3.63) is 0 Å². The molecule has 0 radical (unpaired) electrons. The Labute approximate surface area is 76.3 Å². The molecule has 0 unspecified atom stereocenters. The van der Waals surface area contributed by atoms with E-state index in [0.29, 0.717) is 5.92 Å². The van der Waals surface area contributed by atoms with Crippen molar-refractivity contribution in [1.82, 2.24) is 0 Å². The van der Waals surface area contributed by atoms with Gasteiger partial charge < -0.3 is 5.11 Å². The van der Waals surface area contributed by atoms with Crippen molar-refractivity contribution in [2.75, 3.05) is 0 Å². The van der Waals surface area contributed by atoms with Crippen molar-refractivity contribution >= 4 is 15.9 Å². The second kappa shape index (κ2) is 3.60. The van der Waals surface area contributed by atoms with Crippen LogP contribution in [0.1, 0.15) is 32.6 Å². The Hall–Kier alpha value is 0. The molecule has 11 heavy (non-hydrogen) atoms. The molecule has 0 saturated heterocycles. The van der Waals surface area contributed by atoms with Gasteiger partial charge in [0.25, 0.3) is 0 Å². The molecule has 0 aromatic heterocycles. The summed E-state index contributed by atoms with van der Waals surface area (Å²) < 4.78 is 0. The fourth-order valence-corrected chi connectivity index (χ4v) is 1.94. The summed E-state index contributed by atoms with van der Waals surface area (Å²) in [5, 5.41) is 9.94. The number of rotatable bonds is 0. The minimum Gasteiger partial charge on any atom is -0.377 e.